The second kappa shape index (κ2) is 9.97. The van der Waals surface area contributed by atoms with Crippen molar-refractivity contribution in [3.63, 3.8) is 0 Å². The number of phenolic OH excluding ortho intramolecular Hbond substituents is 1. The van der Waals surface area contributed by atoms with Gasteiger partial charge in [-0.1, -0.05) is 38.7 Å². The summed E-state index contributed by atoms with van der Waals surface area (Å²) in [6, 6.07) is 3.93. The van der Waals surface area contributed by atoms with Crippen molar-refractivity contribution in [1.82, 2.24) is 0 Å². The molecule has 0 atom stereocenters. The van der Waals surface area contributed by atoms with Crippen molar-refractivity contribution in [2.45, 2.75) is 70.5 Å². The monoisotopic (exact) mass is 397 g/mol. The number of anilines is 1. The van der Waals surface area contributed by atoms with Crippen molar-refractivity contribution < 1.29 is 5.11 Å². The fraction of sp³-hybridized carbons (Fsp3) is 0.478. The van der Waals surface area contributed by atoms with Crippen LogP contribution >= 0.6 is 11.8 Å². The van der Waals surface area contributed by atoms with E-state index in [1.54, 1.807) is 0 Å². The normalized spacial score (nSPS) is 19.1. The quantitative estimate of drug-likeness (QED) is 0.285. The van der Waals surface area contributed by atoms with Crippen LogP contribution in [0.1, 0.15) is 63.0 Å². The first kappa shape index (κ1) is 20.7. The number of hydrogen-bond donors (Lipinski definition) is 3. The number of thioether (sulfide) groups is 1. The zero-order valence-corrected chi connectivity index (χ0v) is 17.7. The summed E-state index contributed by atoms with van der Waals surface area (Å²) >= 11 is 1.89. The standard InChI is InChI=1S/C23H31N3OS/c1-3-4-8-17-13-16(2)14-22(23(17)27)26-25-21-12-11-19(15-20(21)24)28-18-9-6-5-7-10-18/h11-15,18,24,26-27H,3-10H2,1-2H3/b24-20?,25-21-. The van der Waals surface area contributed by atoms with Crippen LogP contribution in [0.25, 0.3) is 0 Å². The number of allylic oxidation sites excluding steroid dienone is 3. The highest BCUT2D eigenvalue weighted by Gasteiger charge is 2.17. The number of unbranched alkanes of at least 4 members (excludes halogenated alkanes) is 1. The largest absolute Gasteiger partial charge is 0.505 e. The lowest BCUT2D eigenvalue weighted by molar-refractivity contribution is 0.469. The van der Waals surface area contributed by atoms with Crippen LogP contribution in [0.3, 0.4) is 0 Å². The zero-order chi connectivity index (χ0) is 19.9. The molecule has 1 fully saturated rings. The molecule has 1 aromatic rings. The van der Waals surface area contributed by atoms with Crippen molar-refractivity contribution in [2.24, 2.45) is 5.10 Å². The predicted octanol–water partition coefficient (Wildman–Crippen LogP) is 6.35. The Balaban J connectivity index is 1.66. The fourth-order valence-electron chi connectivity index (χ4n) is 3.68. The number of rotatable bonds is 7. The topological polar surface area (TPSA) is 68.5 Å². The van der Waals surface area contributed by atoms with Crippen LogP contribution in [0, 0.1) is 12.3 Å². The fourth-order valence-corrected chi connectivity index (χ4v) is 4.97. The molecule has 0 unspecified atom stereocenters. The average molecular weight is 398 g/mol. The Hall–Kier alpha value is -2.01. The van der Waals surface area contributed by atoms with E-state index < -0.39 is 0 Å². The smallest absolute Gasteiger partial charge is 0.143 e. The first-order chi connectivity index (χ1) is 13.6. The van der Waals surface area contributed by atoms with Gasteiger partial charge in [0.1, 0.15) is 11.5 Å². The van der Waals surface area contributed by atoms with Gasteiger partial charge in [-0.05, 0) is 68.0 Å². The molecule has 0 aliphatic heterocycles. The molecular formula is C23H31N3OS. The first-order valence-corrected chi connectivity index (χ1v) is 11.3. The van der Waals surface area contributed by atoms with E-state index in [2.05, 4.69) is 23.5 Å². The molecular weight excluding hydrogens is 366 g/mol. The Morgan fingerprint density at radius 3 is 2.71 bits per heavy atom. The van der Waals surface area contributed by atoms with Gasteiger partial charge in [-0.25, -0.2) is 0 Å². The number of nitrogens with zero attached hydrogens (tertiary/aromatic N) is 1. The number of phenols is 1. The minimum absolute atomic E-state index is 0.263. The molecule has 1 saturated carbocycles. The third-order valence-electron chi connectivity index (χ3n) is 5.25. The number of hydrazone groups is 1. The second-order valence-corrected chi connectivity index (χ2v) is 9.08. The molecule has 2 aliphatic rings. The summed E-state index contributed by atoms with van der Waals surface area (Å²) in [7, 11) is 0. The molecule has 0 bridgehead atoms. The lowest BCUT2D eigenvalue weighted by Gasteiger charge is -2.22. The highest BCUT2D eigenvalue weighted by Crippen LogP contribution is 2.34. The summed E-state index contributed by atoms with van der Waals surface area (Å²) in [6.45, 7) is 4.17. The molecule has 4 nitrogen and oxygen atoms in total. The van der Waals surface area contributed by atoms with Crippen LogP contribution in [0.15, 0.2) is 40.4 Å². The molecule has 28 heavy (non-hydrogen) atoms. The van der Waals surface area contributed by atoms with Crippen molar-refractivity contribution in [3.8, 4) is 5.75 Å². The maximum absolute atomic E-state index is 10.5. The van der Waals surface area contributed by atoms with Crippen molar-refractivity contribution >= 4 is 28.9 Å². The van der Waals surface area contributed by atoms with Crippen LogP contribution in [0.5, 0.6) is 5.75 Å². The zero-order valence-electron chi connectivity index (χ0n) is 16.9. The van der Waals surface area contributed by atoms with Gasteiger partial charge in [0, 0.05) is 10.2 Å². The van der Waals surface area contributed by atoms with Gasteiger partial charge >= 0.3 is 0 Å². The van der Waals surface area contributed by atoms with Gasteiger partial charge < -0.3 is 5.11 Å². The molecule has 2 aliphatic carbocycles. The molecule has 0 heterocycles. The first-order valence-electron chi connectivity index (χ1n) is 10.4. The van der Waals surface area contributed by atoms with Gasteiger partial charge in [-0.2, -0.15) is 5.10 Å². The Labute approximate surface area is 172 Å². The van der Waals surface area contributed by atoms with Crippen LogP contribution in [-0.4, -0.2) is 21.8 Å². The summed E-state index contributed by atoms with van der Waals surface area (Å²) < 4.78 is 0. The van der Waals surface area contributed by atoms with E-state index in [4.69, 9.17) is 5.41 Å². The molecule has 1 aromatic carbocycles. The van der Waals surface area contributed by atoms with Crippen molar-refractivity contribution in [2.75, 3.05) is 5.43 Å². The Bertz CT molecular complexity index is 804. The third-order valence-corrected chi connectivity index (χ3v) is 6.58. The summed E-state index contributed by atoms with van der Waals surface area (Å²) in [5, 5.41) is 23.9. The minimum Gasteiger partial charge on any atom is -0.505 e. The molecule has 0 aromatic heterocycles. The molecule has 0 spiro atoms. The van der Waals surface area contributed by atoms with Crippen LogP contribution in [-0.2, 0) is 6.42 Å². The molecule has 5 heteroatoms. The lowest BCUT2D eigenvalue weighted by Crippen LogP contribution is -2.15. The van der Waals surface area contributed by atoms with Crippen LogP contribution in [0.4, 0.5) is 5.69 Å². The van der Waals surface area contributed by atoms with E-state index in [0.29, 0.717) is 22.4 Å². The molecule has 3 rings (SSSR count). The molecule has 150 valence electrons. The number of aryl methyl sites for hydroxylation is 2. The average Bonchev–Trinajstić information content (AvgIpc) is 2.69. The van der Waals surface area contributed by atoms with E-state index in [9.17, 15) is 5.11 Å². The molecule has 3 N–H and O–H groups in total. The predicted molar refractivity (Wildman–Crippen MR) is 122 cm³/mol. The Morgan fingerprint density at radius 1 is 1.21 bits per heavy atom. The summed E-state index contributed by atoms with van der Waals surface area (Å²) in [5.41, 5.74) is 6.61. The van der Waals surface area contributed by atoms with E-state index in [1.807, 2.05) is 43.0 Å². The Morgan fingerprint density at radius 2 is 2.00 bits per heavy atom. The van der Waals surface area contributed by atoms with E-state index in [1.165, 1.54) is 32.1 Å². The SMILES string of the molecule is CCCCc1cc(C)cc(N/N=C2/C=CC(SC3CCCCC3)=CC2=N)c1O. The van der Waals surface area contributed by atoms with Gasteiger partial charge in [-0.3, -0.25) is 10.8 Å². The van der Waals surface area contributed by atoms with E-state index >= 15 is 0 Å². The summed E-state index contributed by atoms with van der Waals surface area (Å²) in [5.74, 6) is 0.263. The van der Waals surface area contributed by atoms with E-state index in [-0.39, 0.29) is 5.75 Å². The van der Waals surface area contributed by atoms with Crippen LogP contribution < -0.4 is 5.43 Å². The van der Waals surface area contributed by atoms with E-state index in [0.717, 1.165) is 35.3 Å². The molecule has 0 saturated heterocycles. The van der Waals surface area contributed by atoms with Gasteiger partial charge in [0.15, 0.2) is 0 Å². The van der Waals surface area contributed by atoms with Crippen molar-refractivity contribution in [3.05, 3.63) is 46.4 Å². The number of aromatic hydroxyl groups is 1. The van der Waals surface area contributed by atoms with Crippen LogP contribution in [0.2, 0.25) is 0 Å². The second-order valence-electron chi connectivity index (χ2n) is 7.70. The van der Waals surface area contributed by atoms with Gasteiger partial charge in [0.25, 0.3) is 0 Å². The molecule has 0 amide bonds. The lowest BCUT2D eigenvalue weighted by atomic mass is 10.0. The number of benzene rings is 1. The maximum atomic E-state index is 10.5. The maximum Gasteiger partial charge on any atom is 0.143 e. The Kier molecular flexibility index (Phi) is 7.37. The summed E-state index contributed by atoms with van der Waals surface area (Å²) in [6.07, 6.45) is 15.4. The summed E-state index contributed by atoms with van der Waals surface area (Å²) in [4.78, 5) is 1.15. The number of hydrogen-bond acceptors (Lipinski definition) is 5. The van der Waals surface area contributed by atoms with Gasteiger partial charge in [0.2, 0.25) is 0 Å². The minimum atomic E-state index is 0.263. The number of nitrogens with one attached hydrogen (secondary N) is 2. The highest BCUT2D eigenvalue weighted by atomic mass is 32.2. The van der Waals surface area contributed by atoms with Crippen molar-refractivity contribution in [1.29, 1.82) is 5.41 Å². The highest BCUT2D eigenvalue weighted by molar-refractivity contribution is 8.03. The van der Waals surface area contributed by atoms with Gasteiger partial charge in [-0.15, -0.1) is 11.8 Å². The third kappa shape index (κ3) is 5.51. The molecule has 0 radical (unpaired) electrons. The van der Waals surface area contributed by atoms with Gasteiger partial charge in [0.05, 0.1) is 11.4 Å².